The lowest BCUT2D eigenvalue weighted by Crippen LogP contribution is -2.38. The van der Waals surface area contributed by atoms with Gasteiger partial charge in [-0.3, -0.25) is 4.90 Å². The molecule has 2 aromatic carbocycles. The van der Waals surface area contributed by atoms with Gasteiger partial charge in [-0.05, 0) is 29.3 Å². The van der Waals surface area contributed by atoms with Crippen LogP contribution in [-0.2, 0) is 12.0 Å². The van der Waals surface area contributed by atoms with Crippen molar-refractivity contribution in [2.45, 2.75) is 31.8 Å². The van der Waals surface area contributed by atoms with Crippen molar-refractivity contribution in [2.75, 3.05) is 20.2 Å². The Balaban J connectivity index is 1.88. The van der Waals surface area contributed by atoms with Crippen molar-refractivity contribution < 1.29 is 4.74 Å². The van der Waals surface area contributed by atoms with Crippen LogP contribution in [0, 0.1) is 0 Å². The van der Waals surface area contributed by atoms with Crippen LogP contribution in [0.1, 0.15) is 36.6 Å². The van der Waals surface area contributed by atoms with E-state index in [4.69, 9.17) is 22.1 Å². The summed E-state index contributed by atoms with van der Waals surface area (Å²) in [6.45, 7) is 6.89. The minimum Gasteiger partial charge on any atom is -0.496 e. The lowest BCUT2D eigenvalue weighted by molar-refractivity contribution is 0.178. The van der Waals surface area contributed by atoms with E-state index in [0.29, 0.717) is 6.54 Å². The molecular formula is C20H25ClN2O. The van der Waals surface area contributed by atoms with E-state index in [1.807, 2.05) is 24.3 Å². The molecule has 24 heavy (non-hydrogen) atoms. The summed E-state index contributed by atoms with van der Waals surface area (Å²) < 4.78 is 5.54. The maximum absolute atomic E-state index is 6.19. The van der Waals surface area contributed by atoms with Gasteiger partial charge in [-0.2, -0.15) is 0 Å². The molecule has 3 nitrogen and oxygen atoms in total. The summed E-state index contributed by atoms with van der Waals surface area (Å²) in [5, 5.41) is 0.780. The molecule has 1 heterocycles. The van der Waals surface area contributed by atoms with E-state index >= 15 is 0 Å². The van der Waals surface area contributed by atoms with Crippen LogP contribution >= 0.6 is 11.6 Å². The van der Waals surface area contributed by atoms with E-state index in [1.165, 1.54) is 16.7 Å². The molecule has 1 aliphatic heterocycles. The Morgan fingerprint density at radius 3 is 2.67 bits per heavy atom. The first-order chi connectivity index (χ1) is 11.5. The minimum atomic E-state index is -0.0202. The van der Waals surface area contributed by atoms with E-state index < -0.39 is 0 Å². The lowest BCUT2D eigenvalue weighted by Gasteiger charge is -2.34. The molecule has 0 spiro atoms. The van der Waals surface area contributed by atoms with Crippen LogP contribution in [0.4, 0.5) is 0 Å². The van der Waals surface area contributed by atoms with Gasteiger partial charge in [0, 0.05) is 41.7 Å². The summed E-state index contributed by atoms with van der Waals surface area (Å²) in [6.07, 6.45) is 0. The first-order valence-corrected chi connectivity index (χ1v) is 8.70. The van der Waals surface area contributed by atoms with Crippen LogP contribution in [0.15, 0.2) is 42.5 Å². The molecule has 3 rings (SSSR count). The summed E-state index contributed by atoms with van der Waals surface area (Å²) in [5.74, 6) is 0.953. The fraction of sp³-hybridized carbons (Fsp3) is 0.400. The third-order valence-corrected chi connectivity index (χ3v) is 5.21. The number of benzene rings is 2. The number of hydrogen-bond donors (Lipinski definition) is 1. The number of nitrogens with zero attached hydrogens (tertiary/aromatic N) is 1. The Kier molecular flexibility index (Phi) is 4.86. The van der Waals surface area contributed by atoms with Crippen molar-refractivity contribution in [3.63, 3.8) is 0 Å². The van der Waals surface area contributed by atoms with Crippen molar-refractivity contribution in [3.05, 3.63) is 64.2 Å². The number of rotatable bonds is 5. The fourth-order valence-corrected chi connectivity index (χ4v) is 3.91. The van der Waals surface area contributed by atoms with Gasteiger partial charge in [0.15, 0.2) is 0 Å². The second-order valence-electron chi connectivity index (χ2n) is 7.08. The van der Waals surface area contributed by atoms with Gasteiger partial charge in [0.25, 0.3) is 0 Å². The maximum Gasteiger partial charge on any atom is 0.123 e. The molecule has 2 aromatic rings. The highest BCUT2D eigenvalue weighted by Crippen LogP contribution is 2.40. The van der Waals surface area contributed by atoms with Crippen molar-refractivity contribution in [1.82, 2.24) is 4.90 Å². The highest BCUT2D eigenvalue weighted by Gasteiger charge is 2.35. The molecule has 0 amide bonds. The second-order valence-corrected chi connectivity index (χ2v) is 7.52. The van der Waals surface area contributed by atoms with E-state index in [-0.39, 0.29) is 11.5 Å². The Bertz CT molecular complexity index is 729. The van der Waals surface area contributed by atoms with Crippen LogP contribution in [0.5, 0.6) is 5.75 Å². The van der Waals surface area contributed by atoms with Gasteiger partial charge in [-0.25, -0.2) is 0 Å². The van der Waals surface area contributed by atoms with Crippen molar-refractivity contribution >= 4 is 11.6 Å². The average molecular weight is 345 g/mol. The monoisotopic (exact) mass is 344 g/mol. The molecule has 1 unspecified atom stereocenters. The molecule has 2 N–H and O–H groups in total. The molecule has 1 aliphatic rings. The molecule has 0 radical (unpaired) electrons. The zero-order chi connectivity index (χ0) is 17.3. The highest BCUT2D eigenvalue weighted by molar-refractivity contribution is 6.30. The molecule has 4 heteroatoms. The summed E-state index contributed by atoms with van der Waals surface area (Å²) in [7, 11) is 1.73. The molecule has 0 saturated carbocycles. The minimum absolute atomic E-state index is 0.0202. The van der Waals surface area contributed by atoms with Crippen molar-refractivity contribution in [3.8, 4) is 5.75 Å². The van der Waals surface area contributed by atoms with E-state index in [2.05, 4.69) is 36.9 Å². The zero-order valence-corrected chi connectivity index (χ0v) is 15.3. The van der Waals surface area contributed by atoms with Gasteiger partial charge < -0.3 is 10.5 Å². The normalized spacial score (nSPS) is 17.8. The number of fused-ring (bicyclic) bond motifs is 1. The standard InChI is InChI=1S/C20H25ClN2O/c1-20(2,14-6-4-7-15(21)10-14)13-23-12-17-16(18(23)11-22)8-5-9-19(17)24-3/h4-10,18H,11-13,22H2,1-3H3. The van der Waals surface area contributed by atoms with Crippen molar-refractivity contribution in [2.24, 2.45) is 5.73 Å². The number of hydrogen-bond acceptors (Lipinski definition) is 3. The largest absolute Gasteiger partial charge is 0.496 e. The van der Waals surface area contributed by atoms with E-state index in [9.17, 15) is 0 Å². The number of ether oxygens (including phenoxy) is 1. The molecule has 0 aromatic heterocycles. The van der Waals surface area contributed by atoms with Gasteiger partial charge in [-0.1, -0.05) is 49.7 Å². The average Bonchev–Trinajstić information content (AvgIpc) is 2.91. The first-order valence-electron chi connectivity index (χ1n) is 8.32. The summed E-state index contributed by atoms with van der Waals surface area (Å²) in [4.78, 5) is 2.45. The smallest absolute Gasteiger partial charge is 0.123 e. The molecule has 0 saturated heterocycles. The van der Waals surface area contributed by atoms with Gasteiger partial charge in [0.2, 0.25) is 0 Å². The molecule has 128 valence electrons. The van der Waals surface area contributed by atoms with Crippen LogP contribution < -0.4 is 10.5 Å². The Hall–Kier alpha value is -1.55. The van der Waals surface area contributed by atoms with Gasteiger partial charge >= 0.3 is 0 Å². The molecule has 0 aliphatic carbocycles. The highest BCUT2D eigenvalue weighted by atomic mass is 35.5. The molecule has 0 bridgehead atoms. The Morgan fingerprint density at radius 1 is 1.25 bits per heavy atom. The van der Waals surface area contributed by atoms with Gasteiger partial charge in [0.1, 0.15) is 5.75 Å². The molecular weight excluding hydrogens is 320 g/mol. The summed E-state index contributed by atoms with van der Waals surface area (Å²) >= 11 is 6.19. The summed E-state index contributed by atoms with van der Waals surface area (Å²) in [6, 6.07) is 14.6. The van der Waals surface area contributed by atoms with Gasteiger partial charge in [-0.15, -0.1) is 0 Å². The number of halogens is 1. The quantitative estimate of drug-likeness (QED) is 0.885. The second kappa shape index (κ2) is 6.75. The maximum atomic E-state index is 6.19. The topological polar surface area (TPSA) is 38.5 Å². The predicted octanol–water partition coefficient (Wildman–Crippen LogP) is 4.14. The first kappa shape index (κ1) is 17.3. The van der Waals surface area contributed by atoms with Gasteiger partial charge in [0.05, 0.1) is 7.11 Å². The van der Waals surface area contributed by atoms with Crippen LogP contribution in [0.25, 0.3) is 0 Å². The predicted molar refractivity (Wildman–Crippen MR) is 99.7 cm³/mol. The number of methoxy groups -OCH3 is 1. The SMILES string of the molecule is COc1cccc2c1CN(CC(C)(C)c1cccc(Cl)c1)C2CN. The fourth-order valence-electron chi connectivity index (χ4n) is 3.72. The zero-order valence-electron chi connectivity index (χ0n) is 14.6. The van der Waals surface area contributed by atoms with Crippen LogP contribution in [0.2, 0.25) is 5.02 Å². The molecule has 0 fully saturated rings. The van der Waals surface area contributed by atoms with E-state index in [0.717, 1.165) is 23.9 Å². The Morgan fingerprint density at radius 2 is 2.00 bits per heavy atom. The lowest BCUT2D eigenvalue weighted by atomic mass is 9.84. The van der Waals surface area contributed by atoms with Crippen LogP contribution in [-0.4, -0.2) is 25.1 Å². The molecule has 1 atom stereocenters. The van der Waals surface area contributed by atoms with Crippen LogP contribution in [0.3, 0.4) is 0 Å². The van der Waals surface area contributed by atoms with E-state index in [1.54, 1.807) is 7.11 Å². The summed E-state index contributed by atoms with van der Waals surface area (Å²) in [5.41, 5.74) is 9.88. The third kappa shape index (κ3) is 3.16. The Labute approximate surface area is 149 Å². The third-order valence-electron chi connectivity index (χ3n) is 4.98. The van der Waals surface area contributed by atoms with Crippen molar-refractivity contribution in [1.29, 1.82) is 0 Å². The number of nitrogens with two attached hydrogens (primary N) is 1.